The van der Waals surface area contributed by atoms with Gasteiger partial charge in [0.15, 0.2) is 0 Å². The molecule has 2 N–H and O–H groups in total. The van der Waals surface area contributed by atoms with Crippen LogP contribution in [0.4, 0.5) is 5.69 Å². The van der Waals surface area contributed by atoms with E-state index in [2.05, 4.69) is 59.9 Å². The third-order valence-electron chi connectivity index (χ3n) is 2.84. The molecule has 0 saturated carbocycles. The molecule has 1 aromatic rings. The average Bonchev–Trinajstić information content (AvgIpc) is 2.26. The second-order valence-corrected chi connectivity index (χ2v) is 4.81. The summed E-state index contributed by atoms with van der Waals surface area (Å²) in [5, 5.41) is 0. The lowest BCUT2D eigenvalue weighted by Crippen LogP contribution is -2.28. The predicted molar refractivity (Wildman–Crippen MR) is 70.2 cm³/mol. The Hall–Kier alpha value is -0.540. The lowest BCUT2D eigenvalue weighted by atomic mass is 10.1. The van der Waals surface area contributed by atoms with Crippen molar-refractivity contribution in [3.05, 3.63) is 28.2 Å². The van der Waals surface area contributed by atoms with Crippen LogP contribution in [0.3, 0.4) is 0 Å². The number of rotatable bonds is 4. The van der Waals surface area contributed by atoms with Crippen LogP contribution < -0.4 is 10.6 Å². The van der Waals surface area contributed by atoms with Crippen LogP contribution in [-0.2, 0) is 6.54 Å². The van der Waals surface area contributed by atoms with Gasteiger partial charge in [-0.3, -0.25) is 0 Å². The molecule has 15 heavy (non-hydrogen) atoms. The zero-order chi connectivity index (χ0) is 11.4. The standard InChI is InChI=1S/C12H19BrN2/c1-4-9(2)15(3)12-6-10(8-14)5-11(13)7-12/h5-7,9H,4,8,14H2,1-3H3. The van der Waals surface area contributed by atoms with E-state index in [4.69, 9.17) is 5.73 Å². The van der Waals surface area contributed by atoms with Gasteiger partial charge in [-0.05, 0) is 37.1 Å². The Morgan fingerprint density at radius 2 is 2.07 bits per heavy atom. The number of hydrogen-bond donors (Lipinski definition) is 1. The monoisotopic (exact) mass is 270 g/mol. The van der Waals surface area contributed by atoms with Crippen molar-refractivity contribution in [2.45, 2.75) is 32.9 Å². The molecule has 84 valence electrons. The highest BCUT2D eigenvalue weighted by molar-refractivity contribution is 9.10. The van der Waals surface area contributed by atoms with Crippen LogP contribution in [0.25, 0.3) is 0 Å². The Morgan fingerprint density at radius 1 is 1.40 bits per heavy atom. The van der Waals surface area contributed by atoms with Gasteiger partial charge in [0, 0.05) is 29.8 Å². The summed E-state index contributed by atoms with van der Waals surface area (Å²) in [6.45, 7) is 5.01. The van der Waals surface area contributed by atoms with Crippen molar-refractivity contribution in [3.63, 3.8) is 0 Å². The third-order valence-corrected chi connectivity index (χ3v) is 3.30. The van der Waals surface area contributed by atoms with Gasteiger partial charge in [-0.2, -0.15) is 0 Å². The Labute approximate surface area is 101 Å². The summed E-state index contributed by atoms with van der Waals surface area (Å²) >= 11 is 3.51. The Morgan fingerprint density at radius 3 is 2.60 bits per heavy atom. The van der Waals surface area contributed by atoms with Crippen molar-refractivity contribution in [1.29, 1.82) is 0 Å². The van der Waals surface area contributed by atoms with E-state index in [9.17, 15) is 0 Å². The molecule has 0 spiro atoms. The Bertz CT molecular complexity index is 325. The fraction of sp³-hybridized carbons (Fsp3) is 0.500. The topological polar surface area (TPSA) is 29.3 Å². The first-order valence-electron chi connectivity index (χ1n) is 5.30. The van der Waals surface area contributed by atoms with Crippen molar-refractivity contribution in [2.24, 2.45) is 5.73 Å². The van der Waals surface area contributed by atoms with Gasteiger partial charge >= 0.3 is 0 Å². The van der Waals surface area contributed by atoms with E-state index in [1.807, 2.05) is 0 Å². The molecule has 0 aliphatic heterocycles. The summed E-state index contributed by atoms with van der Waals surface area (Å²) < 4.78 is 1.09. The smallest absolute Gasteiger partial charge is 0.0380 e. The average molecular weight is 271 g/mol. The van der Waals surface area contributed by atoms with Crippen LogP contribution in [0.15, 0.2) is 22.7 Å². The summed E-state index contributed by atoms with van der Waals surface area (Å²) in [7, 11) is 2.12. The first kappa shape index (κ1) is 12.5. The Balaban J connectivity index is 2.97. The largest absolute Gasteiger partial charge is 0.372 e. The van der Waals surface area contributed by atoms with E-state index in [1.165, 1.54) is 5.69 Å². The molecular formula is C12H19BrN2. The summed E-state index contributed by atoms with van der Waals surface area (Å²) in [5.74, 6) is 0. The lowest BCUT2D eigenvalue weighted by Gasteiger charge is -2.26. The minimum Gasteiger partial charge on any atom is -0.372 e. The highest BCUT2D eigenvalue weighted by atomic mass is 79.9. The quantitative estimate of drug-likeness (QED) is 0.911. The van der Waals surface area contributed by atoms with Crippen LogP contribution >= 0.6 is 15.9 Å². The molecule has 0 radical (unpaired) electrons. The van der Waals surface area contributed by atoms with Crippen molar-refractivity contribution in [1.82, 2.24) is 0 Å². The van der Waals surface area contributed by atoms with Crippen LogP contribution in [0.2, 0.25) is 0 Å². The maximum Gasteiger partial charge on any atom is 0.0380 e. The molecule has 0 amide bonds. The van der Waals surface area contributed by atoms with Crippen LogP contribution in [0, 0.1) is 0 Å². The molecular weight excluding hydrogens is 252 g/mol. The van der Waals surface area contributed by atoms with Crippen molar-refractivity contribution in [3.8, 4) is 0 Å². The van der Waals surface area contributed by atoms with E-state index in [0.717, 1.165) is 16.5 Å². The molecule has 0 saturated heterocycles. The molecule has 0 aromatic heterocycles. The van der Waals surface area contributed by atoms with Crippen LogP contribution in [0.1, 0.15) is 25.8 Å². The number of nitrogens with zero attached hydrogens (tertiary/aromatic N) is 1. The molecule has 1 unspecified atom stereocenters. The van der Waals surface area contributed by atoms with Gasteiger partial charge in [0.25, 0.3) is 0 Å². The van der Waals surface area contributed by atoms with Crippen LogP contribution in [-0.4, -0.2) is 13.1 Å². The fourth-order valence-corrected chi connectivity index (χ4v) is 2.01. The zero-order valence-electron chi connectivity index (χ0n) is 9.63. The summed E-state index contributed by atoms with van der Waals surface area (Å²) in [5.41, 5.74) is 8.04. The maximum atomic E-state index is 5.66. The van der Waals surface area contributed by atoms with Gasteiger partial charge in [0.1, 0.15) is 0 Å². The number of halogens is 1. The van der Waals surface area contributed by atoms with Crippen molar-refractivity contribution >= 4 is 21.6 Å². The molecule has 1 rings (SSSR count). The summed E-state index contributed by atoms with van der Waals surface area (Å²) in [6.07, 6.45) is 1.14. The number of hydrogen-bond acceptors (Lipinski definition) is 2. The molecule has 0 heterocycles. The summed E-state index contributed by atoms with van der Waals surface area (Å²) in [6, 6.07) is 6.89. The van der Waals surface area contributed by atoms with Gasteiger partial charge in [-0.25, -0.2) is 0 Å². The van der Waals surface area contributed by atoms with E-state index >= 15 is 0 Å². The van der Waals surface area contributed by atoms with Gasteiger partial charge in [0.2, 0.25) is 0 Å². The lowest BCUT2D eigenvalue weighted by molar-refractivity contribution is 0.663. The van der Waals surface area contributed by atoms with E-state index < -0.39 is 0 Å². The third kappa shape index (κ3) is 3.21. The molecule has 1 aromatic carbocycles. The van der Waals surface area contributed by atoms with Crippen molar-refractivity contribution < 1.29 is 0 Å². The van der Waals surface area contributed by atoms with Gasteiger partial charge in [-0.15, -0.1) is 0 Å². The number of benzene rings is 1. The second-order valence-electron chi connectivity index (χ2n) is 3.89. The minimum absolute atomic E-state index is 0.546. The van der Waals surface area contributed by atoms with Crippen molar-refractivity contribution in [2.75, 3.05) is 11.9 Å². The first-order valence-corrected chi connectivity index (χ1v) is 6.10. The zero-order valence-corrected chi connectivity index (χ0v) is 11.2. The normalized spacial score (nSPS) is 12.6. The highest BCUT2D eigenvalue weighted by Crippen LogP contribution is 2.23. The first-order chi connectivity index (χ1) is 7.08. The maximum absolute atomic E-state index is 5.66. The molecule has 0 aliphatic rings. The number of anilines is 1. The van der Waals surface area contributed by atoms with E-state index in [0.29, 0.717) is 12.6 Å². The SMILES string of the molecule is CCC(C)N(C)c1cc(Br)cc(CN)c1. The summed E-state index contributed by atoms with van der Waals surface area (Å²) in [4.78, 5) is 2.28. The van der Waals surface area contributed by atoms with Gasteiger partial charge in [0.05, 0.1) is 0 Å². The number of nitrogens with two attached hydrogens (primary N) is 1. The van der Waals surface area contributed by atoms with Crippen LogP contribution in [0.5, 0.6) is 0 Å². The minimum atomic E-state index is 0.546. The molecule has 2 nitrogen and oxygen atoms in total. The predicted octanol–water partition coefficient (Wildman–Crippen LogP) is 3.14. The fourth-order valence-electron chi connectivity index (χ4n) is 1.48. The van der Waals surface area contributed by atoms with Gasteiger partial charge in [-0.1, -0.05) is 22.9 Å². The molecule has 0 fully saturated rings. The van der Waals surface area contributed by atoms with Gasteiger partial charge < -0.3 is 10.6 Å². The molecule has 0 bridgehead atoms. The Kier molecular flexibility index (Phi) is 4.61. The van der Waals surface area contributed by atoms with E-state index in [-0.39, 0.29) is 0 Å². The molecule has 1 atom stereocenters. The molecule has 3 heteroatoms. The second kappa shape index (κ2) is 5.52. The molecule has 0 aliphatic carbocycles. The van der Waals surface area contributed by atoms with E-state index in [1.54, 1.807) is 0 Å². The highest BCUT2D eigenvalue weighted by Gasteiger charge is 2.09.